The fourth-order valence-corrected chi connectivity index (χ4v) is 2.07. The highest BCUT2D eigenvalue weighted by molar-refractivity contribution is 6.42. The van der Waals surface area contributed by atoms with Gasteiger partial charge >= 0.3 is 0 Å². The third-order valence-electron chi connectivity index (χ3n) is 3.05. The van der Waals surface area contributed by atoms with Gasteiger partial charge in [0.15, 0.2) is 0 Å². The number of hydrogen-bond donors (Lipinski definition) is 2. The zero-order valence-electron chi connectivity index (χ0n) is 10.7. The highest BCUT2D eigenvalue weighted by Crippen LogP contribution is 2.28. The van der Waals surface area contributed by atoms with E-state index in [-0.39, 0.29) is 0 Å². The topological polar surface area (TPSA) is 41.5 Å². The fourth-order valence-electron chi connectivity index (χ4n) is 1.75. The van der Waals surface area contributed by atoms with Crippen LogP contribution in [0.4, 0.5) is 0 Å². The van der Waals surface area contributed by atoms with Crippen LogP contribution in [-0.4, -0.2) is 31.0 Å². The van der Waals surface area contributed by atoms with Crippen LogP contribution in [0.3, 0.4) is 0 Å². The third kappa shape index (κ3) is 5.67. The van der Waals surface area contributed by atoms with E-state index < -0.39 is 6.10 Å². The van der Waals surface area contributed by atoms with E-state index >= 15 is 0 Å². The molecule has 0 spiro atoms. The van der Waals surface area contributed by atoms with E-state index in [0.717, 1.165) is 18.1 Å². The van der Waals surface area contributed by atoms with Gasteiger partial charge in [0.2, 0.25) is 0 Å². The van der Waals surface area contributed by atoms with Gasteiger partial charge in [-0.3, -0.25) is 0 Å². The predicted molar refractivity (Wildman–Crippen MR) is 77.7 cm³/mol. The fraction of sp³-hybridized carbons (Fsp3) is 0.571. The minimum atomic E-state index is -0.471. The van der Waals surface area contributed by atoms with Gasteiger partial charge in [0.1, 0.15) is 0 Å². The molecule has 2 N–H and O–H groups in total. The highest BCUT2D eigenvalue weighted by Gasteiger charge is 2.21. The number of ether oxygens (including phenoxy) is 1. The first-order chi connectivity index (χ1) is 9.15. The van der Waals surface area contributed by atoms with Crippen molar-refractivity contribution < 1.29 is 9.84 Å². The minimum absolute atomic E-state index is 0.394. The van der Waals surface area contributed by atoms with Crippen molar-refractivity contribution in [3.8, 4) is 0 Å². The summed E-state index contributed by atoms with van der Waals surface area (Å²) in [6.07, 6.45) is 2.07. The summed E-state index contributed by atoms with van der Waals surface area (Å²) >= 11 is 11.8. The Morgan fingerprint density at radius 2 is 2.11 bits per heavy atom. The Labute approximate surface area is 123 Å². The molecule has 1 aliphatic carbocycles. The molecule has 1 unspecified atom stereocenters. The van der Waals surface area contributed by atoms with Gasteiger partial charge in [-0.2, -0.15) is 0 Å². The van der Waals surface area contributed by atoms with Crippen molar-refractivity contribution in [3.05, 3.63) is 33.8 Å². The summed E-state index contributed by atoms with van der Waals surface area (Å²) in [6, 6.07) is 5.51. The number of benzene rings is 1. The van der Waals surface area contributed by atoms with Crippen LogP contribution in [0, 0.1) is 5.92 Å². The number of aliphatic hydroxyl groups is 1. The van der Waals surface area contributed by atoms with Gasteiger partial charge in [0.05, 0.1) is 22.8 Å². The lowest BCUT2D eigenvalue weighted by molar-refractivity contribution is 0.0324. The Morgan fingerprint density at radius 3 is 2.79 bits per heavy atom. The van der Waals surface area contributed by atoms with Crippen LogP contribution in [0.1, 0.15) is 18.4 Å². The van der Waals surface area contributed by atoms with Gasteiger partial charge in [0.25, 0.3) is 0 Å². The molecule has 0 aromatic heterocycles. The summed E-state index contributed by atoms with van der Waals surface area (Å²) < 4.78 is 5.43. The maximum Gasteiger partial charge on any atom is 0.0897 e. The first-order valence-corrected chi connectivity index (χ1v) is 7.31. The van der Waals surface area contributed by atoms with Gasteiger partial charge in [-0.25, -0.2) is 0 Å². The molecule has 0 aliphatic heterocycles. The smallest absolute Gasteiger partial charge is 0.0897 e. The van der Waals surface area contributed by atoms with Crippen molar-refractivity contribution in [2.75, 3.05) is 19.8 Å². The molecular formula is C14H19Cl2NO2. The molecule has 0 bridgehead atoms. The highest BCUT2D eigenvalue weighted by atomic mass is 35.5. The molecule has 0 saturated heterocycles. The SMILES string of the molecule is OC(CNCc1ccc(Cl)c(Cl)c1)COCC1CC1. The van der Waals surface area contributed by atoms with Crippen molar-refractivity contribution in [2.45, 2.75) is 25.5 Å². The Bertz CT molecular complexity index is 410. The molecule has 0 radical (unpaired) electrons. The average molecular weight is 304 g/mol. The Balaban J connectivity index is 1.60. The van der Waals surface area contributed by atoms with E-state index in [1.54, 1.807) is 6.07 Å². The van der Waals surface area contributed by atoms with Crippen molar-refractivity contribution in [3.63, 3.8) is 0 Å². The Kier molecular flexibility index (Phi) is 5.92. The van der Waals surface area contributed by atoms with E-state index in [4.69, 9.17) is 27.9 Å². The van der Waals surface area contributed by atoms with Gasteiger partial charge in [-0.15, -0.1) is 0 Å². The van der Waals surface area contributed by atoms with E-state index in [2.05, 4.69) is 5.32 Å². The molecule has 2 rings (SSSR count). The maximum absolute atomic E-state index is 9.72. The van der Waals surface area contributed by atoms with Gasteiger partial charge < -0.3 is 15.2 Å². The largest absolute Gasteiger partial charge is 0.389 e. The first-order valence-electron chi connectivity index (χ1n) is 6.55. The molecule has 3 nitrogen and oxygen atoms in total. The second-order valence-corrected chi connectivity index (χ2v) is 5.83. The molecule has 1 aliphatic rings. The quantitative estimate of drug-likeness (QED) is 0.776. The van der Waals surface area contributed by atoms with E-state index in [1.807, 2.05) is 12.1 Å². The predicted octanol–water partition coefficient (Wildman–Crippen LogP) is 2.87. The first kappa shape index (κ1) is 15.1. The number of rotatable bonds is 8. The number of hydrogen-bond acceptors (Lipinski definition) is 3. The van der Waals surface area contributed by atoms with Crippen LogP contribution >= 0.6 is 23.2 Å². The number of nitrogens with one attached hydrogen (secondary N) is 1. The van der Waals surface area contributed by atoms with E-state index in [0.29, 0.717) is 29.7 Å². The lowest BCUT2D eigenvalue weighted by Crippen LogP contribution is -2.30. The van der Waals surface area contributed by atoms with Crippen molar-refractivity contribution in [2.24, 2.45) is 5.92 Å². The van der Waals surface area contributed by atoms with Crippen LogP contribution in [-0.2, 0) is 11.3 Å². The lowest BCUT2D eigenvalue weighted by Gasteiger charge is -2.12. The summed E-state index contributed by atoms with van der Waals surface area (Å²) in [4.78, 5) is 0. The summed E-state index contributed by atoms with van der Waals surface area (Å²) in [7, 11) is 0. The summed E-state index contributed by atoms with van der Waals surface area (Å²) in [5.41, 5.74) is 1.04. The molecule has 1 atom stereocenters. The zero-order chi connectivity index (χ0) is 13.7. The van der Waals surface area contributed by atoms with Gasteiger partial charge in [0, 0.05) is 19.7 Å². The molecule has 106 valence electrons. The molecule has 19 heavy (non-hydrogen) atoms. The molecule has 5 heteroatoms. The third-order valence-corrected chi connectivity index (χ3v) is 3.79. The van der Waals surface area contributed by atoms with E-state index in [1.165, 1.54) is 12.8 Å². The second-order valence-electron chi connectivity index (χ2n) is 5.01. The van der Waals surface area contributed by atoms with Gasteiger partial charge in [-0.1, -0.05) is 29.3 Å². The number of aliphatic hydroxyl groups excluding tert-OH is 1. The van der Waals surface area contributed by atoms with Crippen LogP contribution in [0.25, 0.3) is 0 Å². The lowest BCUT2D eigenvalue weighted by atomic mass is 10.2. The standard InChI is InChI=1S/C14H19Cl2NO2/c15-13-4-3-11(5-14(13)16)6-17-7-12(18)9-19-8-10-1-2-10/h3-5,10,12,17-18H,1-2,6-9H2. The molecule has 0 heterocycles. The van der Waals surface area contributed by atoms with Crippen LogP contribution in [0.2, 0.25) is 10.0 Å². The summed E-state index contributed by atoms with van der Waals surface area (Å²) in [5.74, 6) is 0.733. The molecule has 0 amide bonds. The second kappa shape index (κ2) is 7.46. The normalized spacial score (nSPS) is 16.6. The molecule has 1 aromatic carbocycles. The van der Waals surface area contributed by atoms with Crippen molar-refractivity contribution in [1.29, 1.82) is 0 Å². The van der Waals surface area contributed by atoms with Crippen LogP contribution in [0.15, 0.2) is 18.2 Å². The van der Waals surface area contributed by atoms with E-state index in [9.17, 15) is 5.11 Å². The molecule has 1 aromatic rings. The van der Waals surface area contributed by atoms with Crippen LogP contribution in [0.5, 0.6) is 0 Å². The number of halogens is 2. The monoisotopic (exact) mass is 303 g/mol. The maximum atomic E-state index is 9.72. The zero-order valence-corrected chi connectivity index (χ0v) is 12.3. The average Bonchev–Trinajstić information content (AvgIpc) is 3.18. The minimum Gasteiger partial charge on any atom is -0.389 e. The Hall–Kier alpha value is -0.320. The molecular weight excluding hydrogens is 285 g/mol. The molecule has 1 fully saturated rings. The van der Waals surface area contributed by atoms with Crippen molar-refractivity contribution in [1.82, 2.24) is 5.32 Å². The van der Waals surface area contributed by atoms with Crippen LogP contribution < -0.4 is 5.32 Å². The molecule has 1 saturated carbocycles. The summed E-state index contributed by atoms with van der Waals surface area (Å²) in [5, 5.41) is 14.0. The van der Waals surface area contributed by atoms with Crippen molar-refractivity contribution >= 4 is 23.2 Å². The summed E-state index contributed by atoms with van der Waals surface area (Å²) in [6.45, 7) is 2.33. The Morgan fingerprint density at radius 1 is 1.32 bits per heavy atom. The van der Waals surface area contributed by atoms with Gasteiger partial charge in [-0.05, 0) is 36.5 Å².